The third-order valence-corrected chi connectivity index (χ3v) is 4.23. The Kier molecular flexibility index (Phi) is 4.84. The van der Waals surface area contributed by atoms with E-state index in [0.29, 0.717) is 12.5 Å². The molecule has 0 radical (unpaired) electrons. The lowest BCUT2D eigenvalue weighted by Gasteiger charge is -2.29. The van der Waals surface area contributed by atoms with Gasteiger partial charge in [0.15, 0.2) is 0 Å². The highest BCUT2D eigenvalue weighted by Crippen LogP contribution is 2.25. The normalized spacial score (nSPS) is 12.1. The quantitative estimate of drug-likeness (QED) is 0.821. The highest BCUT2D eigenvalue weighted by molar-refractivity contribution is 5.57. The molecule has 0 saturated heterocycles. The zero-order chi connectivity index (χ0) is 15.5. The summed E-state index contributed by atoms with van der Waals surface area (Å²) in [7, 11) is 0. The van der Waals surface area contributed by atoms with Gasteiger partial charge in [-0.1, -0.05) is 27.7 Å². The average molecular weight is 289 g/mol. The van der Waals surface area contributed by atoms with Gasteiger partial charge >= 0.3 is 0 Å². The van der Waals surface area contributed by atoms with E-state index in [-0.39, 0.29) is 11.2 Å². The van der Waals surface area contributed by atoms with Crippen LogP contribution >= 0.6 is 0 Å². The first-order valence-corrected chi connectivity index (χ1v) is 7.44. The van der Waals surface area contributed by atoms with Crippen molar-refractivity contribution >= 4 is 0 Å². The van der Waals surface area contributed by atoms with Gasteiger partial charge in [-0.15, -0.1) is 0 Å². The van der Waals surface area contributed by atoms with Gasteiger partial charge in [-0.05, 0) is 47.7 Å². The van der Waals surface area contributed by atoms with Gasteiger partial charge in [-0.3, -0.25) is 0 Å². The Morgan fingerprint density at radius 3 is 2.38 bits per heavy atom. The van der Waals surface area contributed by atoms with Gasteiger partial charge in [0.05, 0.1) is 6.54 Å². The molecule has 0 fully saturated rings. The molecule has 0 aliphatic rings. The van der Waals surface area contributed by atoms with Crippen molar-refractivity contribution < 1.29 is 8.81 Å². The Morgan fingerprint density at radius 2 is 1.76 bits per heavy atom. The standard InChI is InChI=1S/C18H24FNO/c1-13(2)18(3,4)12-20-11-16-9-10-17(21-16)14-5-7-15(19)8-6-14/h5-10,13,20H,11-12H2,1-4H3. The molecule has 2 nitrogen and oxygen atoms in total. The fourth-order valence-corrected chi connectivity index (χ4v) is 1.95. The molecule has 2 rings (SSSR count). The van der Waals surface area contributed by atoms with Crippen LogP contribution in [0, 0.1) is 17.2 Å². The summed E-state index contributed by atoms with van der Waals surface area (Å²) in [4.78, 5) is 0. The first-order valence-electron chi connectivity index (χ1n) is 7.44. The van der Waals surface area contributed by atoms with Gasteiger partial charge in [-0.25, -0.2) is 4.39 Å². The van der Waals surface area contributed by atoms with Crippen molar-refractivity contribution in [3.63, 3.8) is 0 Å². The number of rotatable bonds is 6. The molecule has 0 atom stereocenters. The van der Waals surface area contributed by atoms with Crippen molar-refractivity contribution in [2.24, 2.45) is 11.3 Å². The number of furan rings is 1. The van der Waals surface area contributed by atoms with Crippen LogP contribution in [0.25, 0.3) is 11.3 Å². The summed E-state index contributed by atoms with van der Waals surface area (Å²) < 4.78 is 18.7. The average Bonchev–Trinajstić information content (AvgIpc) is 2.88. The molecule has 0 saturated carbocycles. The highest BCUT2D eigenvalue weighted by atomic mass is 19.1. The van der Waals surface area contributed by atoms with Gasteiger partial charge in [-0.2, -0.15) is 0 Å². The molecule has 0 aliphatic carbocycles. The summed E-state index contributed by atoms with van der Waals surface area (Å²) in [5.74, 6) is 2.06. The number of hydrogen-bond donors (Lipinski definition) is 1. The molecule has 1 N–H and O–H groups in total. The van der Waals surface area contributed by atoms with E-state index in [0.717, 1.165) is 23.6 Å². The van der Waals surface area contributed by atoms with E-state index >= 15 is 0 Å². The minimum atomic E-state index is -0.233. The van der Waals surface area contributed by atoms with Crippen molar-refractivity contribution in [3.05, 3.63) is 48.0 Å². The van der Waals surface area contributed by atoms with Crippen molar-refractivity contribution in [2.75, 3.05) is 6.54 Å². The maximum Gasteiger partial charge on any atom is 0.134 e. The number of benzene rings is 1. The zero-order valence-corrected chi connectivity index (χ0v) is 13.2. The lowest BCUT2D eigenvalue weighted by molar-refractivity contribution is 0.235. The summed E-state index contributed by atoms with van der Waals surface area (Å²) >= 11 is 0. The molecular formula is C18H24FNO. The molecule has 1 aromatic heterocycles. The summed E-state index contributed by atoms with van der Waals surface area (Å²) in [6.07, 6.45) is 0. The van der Waals surface area contributed by atoms with E-state index in [4.69, 9.17) is 4.42 Å². The lowest BCUT2D eigenvalue weighted by atomic mass is 9.81. The number of halogens is 1. The molecule has 0 aliphatic heterocycles. The minimum Gasteiger partial charge on any atom is -0.460 e. The SMILES string of the molecule is CC(C)C(C)(C)CNCc1ccc(-c2ccc(F)cc2)o1. The van der Waals surface area contributed by atoms with Crippen LogP contribution in [-0.4, -0.2) is 6.54 Å². The molecule has 2 aromatic rings. The molecule has 1 aromatic carbocycles. The Morgan fingerprint density at radius 1 is 1.10 bits per heavy atom. The van der Waals surface area contributed by atoms with Crippen molar-refractivity contribution in [3.8, 4) is 11.3 Å². The van der Waals surface area contributed by atoms with E-state index in [9.17, 15) is 4.39 Å². The lowest BCUT2D eigenvalue weighted by Crippen LogP contribution is -2.33. The summed E-state index contributed by atoms with van der Waals surface area (Å²) in [6, 6.07) is 10.2. The van der Waals surface area contributed by atoms with E-state index in [1.54, 1.807) is 12.1 Å². The van der Waals surface area contributed by atoms with E-state index < -0.39 is 0 Å². The molecular weight excluding hydrogens is 265 g/mol. The van der Waals surface area contributed by atoms with E-state index in [1.807, 2.05) is 12.1 Å². The van der Waals surface area contributed by atoms with Gasteiger partial charge < -0.3 is 9.73 Å². The van der Waals surface area contributed by atoms with Gasteiger partial charge in [0.2, 0.25) is 0 Å². The van der Waals surface area contributed by atoms with Crippen LogP contribution in [0.5, 0.6) is 0 Å². The summed E-state index contributed by atoms with van der Waals surface area (Å²) in [5.41, 5.74) is 1.15. The second-order valence-corrected chi connectivity index (χ2v) is 6.52. The Balaban J connectivity index is 1.93. The van der Waals surface area contributed by atoms with Crippen LogP contribution in [0.3, 0.4) is 0 Å². The Labute approximate surface area is 126 Å². The number of hydrogen-bond acceptors (Lipinski definition) is 2. The van der Waals surface area contributed by atoms with Crippen molar-refractivity contribution in [1.82, 2.24) is 5.32 Å². The second-order valence-electron chi connectivity index (χ2n) is 6.52. The van der Waals surface area contributed by atoms with Crippen LogP contribution in [0.15, 0.2) is 40.8 Å². The Bertz CT molecular complexity index is 569. The summed E-state index contributed by atoms with van der Waals surface area (Å²) in [5, 5.41) is 3.44. The first-order chi connectivity index (χ1) is 9.88. The highest BCUT2D eigenvalue weighted by Gasteiger charge is 2.21. The molecule has 0 amide bonds. The maximum absolute atomic E-state index is 12.9. The van der Waals surface area contributed by atoms with E-state index in [1.165, 1.54) is 12.1 Å². The molecule has 114 valence electrons. The number of nitrogens with one attached hydrogen (secondary N) is 1. The second kappa shape index (κ2) is 6.44. The topological polar surface area (TPSA) is 25.2 Å². The molecule has 0 unspecified atom stereocenters. The predicted molar refractivity (Wildman–Crippen MR) is 84.4 cm³/mol. The maximum atomic E-state index is 12.9. The monoisotopic (exact) mass is 289 g/mol. The van der Waals surface area contributed by atoms with Crippen LogP contribution in [-0.2, 0) is 6.54 Å². The Hall–Kier alpha value is -1.61. The van der Waals surface area contributed by atoms with Gasteiger partial charge in [0.1, 0.15) is 17.3 Å². The molecule has 3 heteroatoms. The van der Waals surface area contributed by atoms with Gasteiger partial charge in [0, 0.05) is 12.1 Å². The smallest absolute Gasteiger partial charge is 0.134 e. The molecule has 0 spiro atoms. The summed E-state index contributed by atoms with van der Waals surface area (Å²) in [6.45, 7) is 10.6. The first kappa shape index (κ1) is 15.8. The predicted octanol–water partition coefficient (Wildman–Crippen LogP) is 4.86. The molecule has 1 heterocycles. The van der Waals surface area contributed by atoms with Crippen LogP contribution in [0.2, 0.25) is 0 Å². The fraction of sp³-hybridized carbons (Fsp3) is 0.444. The third-order valence-electron chi connectivity index (χ3n) is 4.23. The van der Waals surface area contributed by atoms with Crippen LogP contribution in [0.4, 0.5) is 4.39 Å². The minimum absolute atomic E-state index is 0.233. The van der Waals surface area contributed by atoms with Crippen molar-refractivity contribution in [1.29, 1.82) is 0 Å². The zero-order valence-electron chi connectivity index (χ0n) is 13.2. The fourth-order valence-electron chi connectivity index (χ4n) is 1.95. The van der Waals surface area contributed by atoms with Crippen LogP contribution in [0.1, 0.15) is 33.5 Å². The molecule has 21 heavy (non-hydrogen) atoms. The van der Waals surface area contributed by atoms with Crippen LogP contribution < -0.4 is 5.32 Å². The van der Waals surface area contributed by atoms with Crippen molar-refractivity contribution in [2.45, 2.75) is 34.2 Å². The van der Waals surface area contributed by atoms with E-state index in [2.05, 4.69) is 33.0 Å². The largest absolute Gasteiger partial charge is 0.460 e. The van der Waals surface area contributed by atoms with Gasteiger partial charge in [0.25, 0.3) is 0 Å². The third kappa shape index (κ3) is 4.18. The molecule has 0 bridgehead atoms.